The number of allylic oxidation sites excluding steroid dienone is 4. The number of amides is 4. The first-order valence-corrected chi connectivity index (χ1v) is 14.9. The van der Waals surface area contributed by atoms with E-state index in [0.29, 0.717) is 22.5 Å². The molecule has 0 spiro atoms. The van der Waals surface area contributed by atoms with E-state index >= 15 is 0 Å². The Bertz CT molecular complexity index is 1610. The lowest BCUT2D eigenvalue weighted by atomic mass is 9.85. The fourth-order valence-corrected chi connectivity index (χ4v) is 10.3. The molecule has 0 radical (unpaired) electrons. The van der Waals surface area contributed by atoms with Crippen molar-refractivity contribution in [2.45, 2.75) is 22.6 Å². The lowest BCUT2D eigenvalue weighted by Gasteiger charge is -2.19. The second-order valence-electron chi connectivity index (χ2n) is 11.9. The Morgan fingerprint density at radius 2 is 0.872 bits per heavy atom. The van der Waals surface area contributed by atoms with Crippen LogP contribution >= 0.6 is 0 Å². The van der Waals surface area contributed by atoms with Crippen LogP contribution in [0.5, 0.6) is 0 Å². The van der Waals surface area contributed by atoms with Crippen LogP contribution in [0.3, 0.4) is 0 Å². The molecule has 9 rings (SSSR count). The van der Waals surface area contributed by atoms with Gasteiger partial charge in [0.15, 0.2) is 0 Å². The zero-order chi connectivity index (χ0) is 26.5. The predicted molar refractivity (Wildman–Crippen MR) is 138 cm³/mol. The summed E-state index contributed by atoms with van der Waals surface area (Å²) in [6.07, 6.45) is 9.78. The Morgan fingerprint density at radius 3 is 1.21 bits per heavy atom. The first-order chi connectivity index (χ1) is 18.8. The van der Waals surface area contributed by atoms with E-state index in [9.17, 15) is 27.6 Å². The summed E-state index contributed by atoms with van der Waals surface area (Å²) >= 11 is 0. The van der Waals surface area contributed by atoms with Crippen molar-refractivity contribution in [2.24, 2.45) is 47.3 Å². The molecule has 2 saturated heterocycles. The summed E-state index contributed by atoms with van der Waals surface area (Å²) < 4.78 is 26.8. The van der Waals surface area contributed by atoms with E-state index in [4.69, 9.17) is 0 Å². The van der Waals surface area contributed by atoms with E-state index in [2.05, 4.69) is 0 Å². The minimum Gasteiger partial charge on any atom is -0.274 e. The Hall–Kier alpha value is -3.85. The van der Waals surface area contributed by atoms with Gasteiger partial charge < -0.3 is 0 Å². The van der Waals surface area contributed by atoms with Crippen LogP contribution in [0.2, 0.25) is 0 Å². The summed E-state index contributed by atoms with van der Waals surface area (Å²) in [7, 11) is -3.84. The Balaban J connectivity index is 1.13. The zero-order valence-electron chi connectivity index (χ0n) is 20.6. The fraction of sp³-hybridized carbons (Fsp3) is 0.333. The van der Waals surface area contributed by atoms with E-state index in [1.807, 2.05) is 24.3 Å². The van der Waals surface area contributed by atoms with Gasteiger partial charge in [0.2, 0.25) is 33.5 Å². The highest BCUT2D eigenvalue weighted by Crippen LogP contribution is 2.56. The van der Waals surface area contributed by atoms with Crippen LogP contribution in [0.15, 0.2) is 70.5 Å². The van der Waals surface area contributed by atoms with Crippen LogP contribution in [-0.2, 0) is 29.0 Å². The highest BCUT2D eigenvalue weighted by Gasteiger charge is 2.61. The Morgan fingerprint density at radius 1 is 0.538 bits per heavy atom. The molecule has 4 aliphatic carbocycles. The molecule has 3 heterocycles. The predicted octanol–water partition coefficient (Wildman–Crippen LogP) is 3.12. The first kappa shape index (κ1) is 22.0. The van der Waals surface area contributed by atoms with E-state index in [-0.39, 0.29) is 80.8 Å². The number of benzene rings is 2. The molecule has 0 unspecified atom stereocenters. The van der Waals surface area contributed by atoms with E-state index in [0.717, 1.165) is 12.8 Å². The summed E-state index contributed by atoms with van der Waals surface area (Å²) in [5.74, 6) is -2.11. The molecule has 2 aromatic rings. The smallest absolute Gasteiger partial charge is 0.238 e. The topological polar surface area (TPSA) is 109 Å². The second-order valence-corrected chi connectivity index (χ2v) is 13.8. The number of nitrogens with zero attached hydrogens (tertiary/aromatic N) is 2. The normalized spacial score (nSPS) is 37.3. The number of hydrogen-bond donors (Lipinski definition) is 0. The Labute approximate surface area is 223 Å². The van der Waals surface area contributed by atoms with Gasteiger partial charge in [-0.1, -0.05) is 24.3 Å². The van der Waals surface area contributed by atoms with Crippen molar-refractivity contribution in [1.29, 1.82) is 0 Å². The number of anilines is 2. The quantitative estimate of drug-likeness (QED) is 0.366. The van der Waals surface area contributed by atoms with Gasteiger partial charge >= 0.3 is 0 Å². The van der Waals surface area contributed by atoms with Gasteiger partial charge in [-0.25, -0.2) is 18.2 Å². The number of carbonyl (C=O) groups excluding carboxylic acids is 4. The van der Waals surface area contributed by atoms with E-state index < -0.39 is 9.84 Å². The van der Waals surface area contributed by atoms with Crippen molar-refractivity contribution in [3.8, 4) is 11.1 Å². The molecule has 4 bridgehead atoms. The molecule has 8 nitrogen and oxygen atoms in total. The van der Waals surface area contributed by atoms with E-state index in [1.54, 1.807) is 12.1 Å². The largest absolute Gasteiger partial charge is 0.274 e. The number of fused-ring (bicyclic) bond motifs is 13. The molecule has 39 heavy (non-hydrogen) atoms. The van der Waals surface area contributed by atoms with Crippen LogP contribution in [0, 0.1) is 47.3 Å². The maximum atomic E-state index is 13.4. The maximum absolute atomic E-state index is 13.4. The zero-order valence-corrected chi connectivity index (χ0v) is 21.4. The van der Waals surface area contributed by atoms with Crippen LogP contribution in [0.1, 0.15) is 12.8 Å². The van der Waals surface area contributed by atoms with Crippen molar-refractivity contribution in [1.82, 2.24) is 0 Å². The average molecular weight is 539 g/mol. The van der Waals surface area contributed by atoms with Gasteiger partial charge in [-0.15, -0.1) is 0 Å². The first-order valence-electron chi connectivity index (χ1n) is 13.4. The minimum atomic E-state index is -3.84. The molecule has 0 N–H and O–H groups in total. The highest BCUT2D eigenvalue weighted by atomic mass is 32.2. The average Bonchev–Trinajstić information content (AvgIpc) is 3.77. The number of imide groups is 2. The summed E-state index contributed by atoms with van der Waals surface area (Å²) in [6, 6.07) is 9.10. The van der Waals surface area contributed by atoms with Crippen molar-refractivity contribution in [3.63, 3.8) is 0 Å². The summed E-state index contributed by atoms with van der Waals surface area (Å²) in [5, 5.41) is 0. The molecule has 4 fully saturated rings. The van der Waals surface area contributed by atoms with E-state index in [1.165, 1.54) is 34.1 Å². The van der Waals surface area contributed by atoms with Crippen LogP contribution < -0.4 is 9.80 Å². The third-order valence-electron chi connectivity index (χ3n) is 10.3. The summed E-state index contributed by atoms with van der Waals surface area (Å²) in [4.78, 5) is 56.1. The lowest BCUT2D eigenvalue weighted by Crippen LogP contribution is -2.33. The third-order valence-corrected chi connectivity index (χ3v) is 12.1. The lowest BCUT2D eigenvalue weighted by molar-refractivity contribution is -0.124. The van der Waals surface area contributed by atoms with Crippen molar-refractivity contribution < 1.29 is 27.6 Å². The SMILES string of the molecule is O=C1[C@@H]2[C@H](C(=O)N1c1ccc3c(c1)-c1cc(N4C(=O)[C@@H]5[C@H](C4=O)[C@H]4C=C[C@H]5C4)ccc1S3(=O)=O)[C@@H]1C=C[C@H]2C1. The van der Waals surface area contributed by atoms with Crippen LogP contribution in [-0.4, -0.2) is 32.0 Å². The van der Waals surface area contributed by atoms with Gasteiger partial charge in [-0.05, 0) is 72.9 Å². The third kappa shape index (κ3) is 2.45. The van der Waals surface area contributed by atoms with Crippen LogP contribution in [0.25, 0.3) is 11.1 Å². The molecule has 194 valence electrons. The van der Waals surface area contributed by atoms with Crippen molar-refractivity contribution in [2.75, 3.05) is 9.80 Å². The summed E-state index contributed by atoms with van der Waals surface area (Å²) in [6.45, 7) is 0. The molecule has 0 aromatic heterocycles. The number of rotatable bonds is 2. The van der Waals surface area contributed by atoms with Gasteiger partial charge in [0.05, 0.1) is 44.8 Å². The molecular formula is C30H22N2O6S. The molecule has 3 aliphatic heterocycles. The summed E-state index contributed by atoms with van der Waals surface area (Å²) in [5.41, 5.74) is 1.42. The van der Waals surface area contributed by atoms with Gasteiger partial charge in [-0.3, -0.25) is 19.2 Å². The minimum absolute atomic E-state index is 0.0694. The van der Waals surface area contributed by atoms with Gasteiger partial charge in [0.1, 0.15) is 0 Å². The van der Waals surface area contributed by atoms with Gasteiger partial charge in [-0.2, -0.15) is 0 Å². The molecule has 7 aliphatic rings. The molecule has 2 aromatic carbocycles. The fourth-order valence-electron chi connectivity index (χ4n) is 8.64. The number of sulfone groups is 1. The second kappa shape index (κ2) is 6.83. The number of hydrogen-bond acceptors (Lipinski definition) is 6. The molecule has 4 amide bonds. The molecular weight excluding hydrogens is 516 g/mol. The highest BCUT2D eigenvalue weighted by molar-refractivity contribution is 7.92. The molecule has 2 saturated carbocycles. The van der Waals surface area contributed by atoms with Crippen molar-refractivity contribution in [3.05, 3.63) is 60.7 Å². The van der Waals surface area contributed by atoms with Crippen LogP contribution in [0.4, 0.5) is 11.4 Å². The number of carbonyl (C=O) groups is 4. The monoisotopic (exact) mass is 538 g/mol. The maximum Gasteiger partial charge on any atom is 0.238 e. The van der Waals surface area contributed by atoms with Crippen molar-refractivity contribution >= 4 is 44.8 Å². The molecule has 8 atom stereocenters. The molecule has 9 heteroatoms. The van der Waals surface area contributed by atoms with Gasteiger partial charge in [0, 0.05) is 11.1 Å². The standard InChI is InChI=1S/C30H22N2O6S/c33-27-23-13-1-2-14(9-13)24(23)28(34)31(27)17-5-7-21-19(11-17)20-12-18(6-8-22(20)39(21,37)38)32-29(35)25-15-3-4-16(10-15)26(25)30(32)36/h1-8,11-16,23-26H,9-10H2/t13-,14-,15-,16+,23-,24+,25-,26+/m0/s1. The van der Waals surface area contributed by atoms with Gasteiger partial charge in [0.25, 0.3) is 0 Å². The Kier molecular flexibility index (Phi) is 3.85.